The van der Waals surface area contributed by atoms with Crippen molar-refractivity contribution >= 4 is 17.2 Å². The number of nitrogens with two attached hydrogens (primary N) is 1. The molecule has 1 aromatic carbocycles. The molecule has 0 saturated heterocycles. The van der Waals surface area contributed by atoms with Gasteiger partial charge < -0.3 is 10.5 Å². The van der Waals surface area contributed by atoms with Gasteiger partial charge in [0.05, 0.1) is 12.0 Å². The molecule has 0 atom stereocenters. The van der Waals surface area contributed by atoms with Crippen LogP contribution in [0.3, 0.4) is 0 Å². The molecule has 0 radical (unpaired) electrons. The first-order valence-corrected chi connectivity index (χ1v) is 5.72. The predicted octanol–water partition coefficient (Wildman–Crippen LogP) is 2.66. The number of methoxy groups -OCH3 is 1. The van der Waals surface area contributed by atoms with Crippen LogP contribution in [0.4, 0.5) is 4.39 Å². The average molecular weight is 251 g/mol. The number of carbonyl (C=O) groups excluding carboxylic acids is 1. The van der Waals surface area contributed by atoms with Crippen LogP contribution in [0.1, 0.15) is 9.67 Å². The zero-order valence-corrected chi connectivity index (χ0v) is 9.88. The van der Waals surface area contributed by atoms with Crippen LogP contribution in [0.5, 0.6) is 5.75 Å². The number of halogens is 1. The second-order valence-electron chi connectivity index (χ2n) is 3.41. The molecule has 1 heterocycles. The van der Waals surface area contributed by atoms with Gasteiger partial charge in [-0.2, -0.15) is 0 Å². The monoisotopic (exact) mass is 251 g/mol. The molecular weight excluding hydrogens is 241 g/mol. The van der Waals surface area contributed by atoms with E-state index in [9.17, 15) is 9.18 Å². The van der Waals surface area contributed by atoms with E-state index >= 15 is 0 Å². The molecule has 2 rings (SSSR count). The number of hydrogen-bond acceptors (Lipinski definition) is 3. The fourth-order valence-corrected chi connectivity index (χ4v) is 2.22. The van der Waals surface area contributed by atoms with Gasteiger partial charge in [0.25, 0.3) is 5.91 Å². The molecule has 5 heteroatoms. The Morgan fingerprint density at radius 2 is 2.18 bits per heavy atom. The molecule has 0 saturated carbocycles. The standard InChI is InChI=1S/C12H10FNO2S/c1-16-8-2-3-10(13)9(5-8)7-4-11(12(14)15)17-6-7/h2-6H,1H3,(H2,14,15). The normalized spacial score (nSPS) is 10.2. The third-order valence-electron chi connectivity index (χ3n) is 2.33. The molecule has 0 aliphatic carbocycles. The quantitative estimate of drug-likeness (QED) is 0.911. The largest absolute Gasteiger partial charge is 0.497 e. The second-order valence-corrected chi connectivity index (χ2v) is 4.32. The molecule has 17 heavy (non-hydrogen) atoms. The van der Waals surface area contributed by atoms with E-state index in [2.05, 4.69) is 0 Å². The van der Waals surface area contributed by atoms with Crippen LogP contribution in [0.25, 0.3) is 11.1 Å². The maximum absolute atomic E-state index is 13.6. The fourth-order valence-electron chi connectivity index (χ4n) is 1.46. The zero-order chi connectivity index (χ0) is 12.4. The third-order valence-corrected chi connectivity index (χ3v) is 3.27. The summed E-state index contributed by atoms with van der Waals surface area (Å²) >= 11 is 1.19. The van der Waals surface area contributed by atoms with Gasteiger partial charge in [-0.25, -0.2) is 4.39 Å². The summed E-state index contributed by atoms with van der Waals surface area (Å²) in [7, 11) is 1.51. The highest BCUT2D eigenvalue weighted by molar-refractivity contribution is 7.12. The second kappa shape index (κ2) is 4.55. The number of hydrogen-bond donors (Lipinski definition) is 1. The number of carbonyl (C=O) groups is 1. The van der Waals surface area contributed by atoms with Crippen LogP contribution in [-0.2, 0) is 0 Å². The van der Waals surface area contributed by atoms with Crippen molar-refractivity contribution in [3.8, 4) is 16.9 Å². The molecule has 88 valence electrons. The summed E-state index contributed by atoms with van der Waals surface area (Å²) in [5.74, 6) is -0.308. The van der Waals surface area contributed by atoms with Crippen LogP contribution < -0.4 is 10.5 Å². The molecule has 0 fully saturated rings. The van der Waals surface area contributed by atoms with Crippen molar-refractivity contribution < 1.29 is 13.9 Å². The number of benzene rings is 1. The first-order valence-electron chi connectivity index (χ1n) is 4.84. The van der Waals surface area contributed by atoms with Crippen LogP contribution in [0.2, 0.25) is 0 Å². The highest BCUT2D eigenvalue weighted by Crippen LogP contribution is 2.30. The molecule has 1 amide bonds. The van der Waals surface area contributed by atoms with Crippen LogP contribution in [0.15, 0.2) is 29.6 Å². The molecule has 2 N–H and O–H groups in total. The van der Waals surface area contributed by atoms with Crippen molar-refractivity contribution in [3.63, 3.8) is 0 Å². The molecule has 2 aromatic rings. The summed E-state index contributed by atoms with van der Waals surface area (Å²) in [5, 5.41) is 1.69. The lowest BCUT2D eigenvalue weighted by Crippen LogP contribution is -2.08. The molecule has 0 spiro atoms. The van der Waals surface area contributed by atoms with Crippen LogP contribution in [0, 0.1) is 5.82 Å². The van der Waals surface area contributed by atoms with Crippen LogP contribution >= 0.6 is 11.3 Å². The van der Waals surface area contributed by atoms with Gasteiger partial charge in [0.2, 0.25) is 0 Å². The fraction of sp³-hybridized carbons (Fsp3) is 0.0833. The smallest absolute Gasteiger partial charge is 0.258 e. The summed E-state index contributed by atoms with van der Waals surface area (Å²) in [5.41, 5.74) is 6.17. The summed E-state index contributed by atoms with van der Waals surface area (Å²) in [6.45, 7) is 0. The Balaban J connectivity index is 2.47. The van der Waals surface area contributed by atoms with E-state index in [4.69, 9.17) is 10.5 Å². The minimum atomic E-state index is -0.510. The molecule has 0 aliphatic rings. The maximum Gasteiger partial charge on any atom is 0.258 e. The van der Waals surface area contributed by atoms with Crippen LogP contribution in [-0.4, -0.2) is 13.0 Å². The van der Waals surface area contributed by atoms with Gasteiger partial charge in [0.15, 0.2) is 0 Å². The molecule has 0 aliphatic heterocycles. The van der Waals surface area contributed by atoms with E-state index in [0.717, 1.165) is 0 Å². The predicted molar refractivity (Wildman–Crippen MR) is 64.8 cm³/mol. The molecule has 3 nitrogen and oxygen atoms in total. The van der Waals surface area contributed by atoms with Gasteiger partial charge in [0, 0.05) is 5.56 Å². The summed E-state index contributed by atoms with van der Waals surface area (Å²) in [4.78, 5) is 11.4. The summed E-state index contributed by atoms with van der Waals surface area (Å²) < 4.78 is 18.7. The number of thiophene rings is 1. The lowest BCUT2D eigenvalue weighted by Gasteiger charge is -2.04. The van der Waals surface area contributed by atoms with Gasteiger partial charge in [-0.05, 0) is 35.2 Å². The van der Waals surface area contributed by atoms with Crippen molar-refractivity contribution in [2.24, 2.45) is 5.73 Å². The summed E-state index contributed by atoms with van der Waals surface area (Å²) in [6.07, 6.45) is 0. The van der Waals surface area contributed by atoms with Crippen molar-refractivity contribution in [2.45, 2.75) is 0 Å². The Morgan fingerprint density at radius 1 is 1.41 bits per heavy atom. The maximum atomic E-state index is 13.6. The van der Waals surface area contributed by atoms with E-state index in [1.165, 1.54) is 24.5 Å². The molecular formula is C12H10FNO2S. The van der Waals surface area contributed by atoms with Gasteiger partial charge >= 0.3 is 0 Å². The van der Waals surface area contributed by atoms with Gasteiger partial charge in [-0.15, -0.1) is 11.3 Å². The third kappa shape index (κ3) is 2.29. The lowest BCUT2D eigenvalue weighted by molar-refractivity contribution is 0.100. The number of amides is 1. The lowest BCUT2D eigenvalue weighted by atomic mass is 10.1. The first kappa shape index (κ1) is 11.6. The highest BCUT2D eigenvalue weighted by atomic mass is 32.1. The van der Waals surface area contributed by atoms with Crippen molar-refractivity contribution in [1.82, 2.24) is 0 Å². The van der Waals surface area contributed by atoms with E-state index in [0.29, 0.717) is 21.8 Å². The summed E-state index contributed by atoms with van der Waals surface area (Å²) in [6, 6.07) is 6.03. The minimum absolute atomic E-state index is 0.361. The minimum Gasteiger partial charge on any atom is -0.497 e. The Bertz CT molecular complexity index is 565. The van der Waals surface area contributed by atoms with Crippen molar-refractivity contribution in [1.29, 1.82) is 0 Å². The van der Waals surface area contributed by atoms with E-state index in [1.807, 2.05) is 0 Å². The van der Waals surface area contributed by atoms with Gasteiger partial charge in [0.1, 0.15) is 11.6 Å². The van der Waals surface area contributed by atoms with E-state index < -0.39 is 5.91 Å². The van der Waals surface area contributed by atoms with Crippen molar-refractivity contribution in [3.05, 3.63) is 40.3 Å². The molecule has 0 unspecified atom stereocenters. The zero-order valence-electron chi connectivity index (χ0n) is 9.07. The topological polar surface area (TPSA) is 52.3 Å². The highest BCUT2D eigenvalue weighted by Gasteiger charge is 2.11. The number of rotatable bonds is 3. The Kier molecular flexibility index (Phi) is 3.10. The van der Waals surface area contributed by atoms with E-state index in [-0.39, 0.29) is 5.82 Å². The average Bonchev–Trinajstić information content (AvgIpc) is 2.79. The van der Waals surface area contributed by atoms with Gasteiger partial charge in [-0.1, -0.05) is 0 Å². The Morgan fingerprint density at radius 3 is 2.76 bits per heavy atom. The first-order chi connectivity index (χ1) is 8.11. The van der Waals surface area contributed by atoms with Gasteiger partial charge in [-0.3, -0.25) is 4.79 Å². The van der Waals surface area contributed by atoms with Crippen molar-refractivity contribution in [2.75, 3.05) is 7.11 Å². The Hall–Kier alpha value is -1.88. The molecule has 0 bridgehead atoms. The SMILES string of the molecule is COc1ccc(F)c(-c2csc(C(N)=O)c2)c1. The number of primary amides is 1. The van der Waals surface area contributed by atoms with E-state index in [1.54, 1.807) is 23.6 Å². The molecule has 1 aromatic heterocycles. The number of ether oxygens (including phenoxy) is 1. The Labute approximate surface area is 102 Å².